The molecule has 17 heavy (non-hydrogen) atoms. The predicted octanol–water partition coefficient (Wildman–Crippen LogP) is 2.34. The SMILES string of the molecule is Cc1ccc2nc(C(=O)CC#N)c(C)nc2c1. The highest BCUT2D eigenvalue weighted by molar-refractivity contribution is 5.98. The molecule has 0 aliphatic heterocycles. The van der Waals surface area contributed by atoms with Crippen LogP contribution in [-0.2, 0) is 0 Å². The Labute approximate surface area is 98.9 Å². The molecule has 2 aromatic rings. The van der Waals surface area contributed by atoms with Gasteiger partial charge in [-0.05, 0) is 31.5 Å². The molecular weight excluding hydrogens is 214 g/mol. The fourth-order valence-electron chi connectivity index (χ4n) is 1.67. The first-order valence-electron chi connectivity index (χ1n) is 5.27. The van der Waals surface area contributed by atoms with Crippen molar-refractivity contribution in [2.24, 2.45) is 0 Å². The first-order chi connectivity index (χ1) is 8.11. The molecule has 0 aliphatic rings. The van der Waals surface area contributed by atoms with Gasteiger partial charge in [0.2, 0.25) is 0 Å². The minimum atomic E-state index is -0.278. The van der Waals surface area contributed by atoms with Gasteiger partial charge in [0.15, 0.2) is 5.78 Å². The van der Waals surface area contributed by atoms with Crippen molar-refractivity contribution in [3.63, 3.8) is 0 Å². The summed E-state index contributed by atoms with van der Waals surface area (Å²) in [6, 6.07) is 7.51. The van der Waals surface area contributed by atoms with Crippen molar-refractivity contribution in [3.05, 3.63) is 35.2 Å². The van der Waals surface area contributed by atoms with E-state index in [1.54, 1.807) is 6.92 Å². The molecule has 1 aromatic heterocycles. The number of carbonyl (C=O) groups is 1. The monoisotopic (exact) mass is 225 g/mol. The molecule has 4 heteroatoms. The molecule has 0 radical (unpaired) electrons. The van der Waals surface area contributed by atoms with E-state index in [0.29, 0.717) is 16.9 Å². The zero-order valence-corrected chi connectivity index (χ0v) is 9.69. The Balaban J connectivity index is 2.60. The molecule has 0 unspecified atom stereocenters. The number of aryl methyl sites for hydroxylation is 2. The highest BCUT2D eigenvalue weighted by Crippen LogP contribution is 2.15. The van der Waals surface area contributed by atoms with Gasteiger partial charge in [0.05, 0.1) is 22.8 Å². The molecule has 0 spiro atoms. The van der Waals surface area contributed by atoms with Crippen molar-refractivity contribution in [3.8, 4) is 6.07 Å². The maximum atomic E-state index is 11.7. The van der Waals surface area contributed by atoms with E-state index in [0.717, 1.165) is 11.1 Å². The van der Waals surface area contributed by atoms with Gasteiger partial charge in [0.1, 0.15) is 12.1 Å². The lowest BCUT2D eigenvalue weighted by atomic mass is 10.1. The zero-order chi connectivity index (χ0) is 12.4. The lowest BCUT2D eigenvalue weighted by Crippen LogP contribution is -2.06. The summed E-state index contributed by atoms with van der Waals surface area (Å²) >= 11 is 0. The molecule has 2 rings (SSSR count). The van der Waals surface area contributed by atoms with Gasteiger partial charge in [0, 0.05) is 0 Å². The topological polar surface area (TPSA) is 66.6 Å². The summed E-state index contributed by atoms with van der Waals surface area (Å²) in [4.78, 5) is 20.3. The number of Topliss-reactive ketones (excluding diaryl/α,β-unsaturated/α-hetero) is 1. The van der Waals surface area contributed by atoms with Crippen LogP contribution >= 0.6 is 0 Å². The minimum absolute atomic E-state index is 0.160. The molecule has 0 aliphatic carbocycles. The van der Waals surface area contributed by atoms with Crippen molar-refractivity contribution in [2.45, 2.75) is 20.3 Å². The maximum absolute atomic E-state index is 11.7. The van der Waals surface area contributed by atoms with Gasteiger partial charge in [-0.15, -0.1) is 0 Å². The van der Waals surface area contributed by atoms with E-state index in [4.69, 9.17) is 5.26 Å². The highest BCUT2D eigenvalue weighted by atomic mass is 16.1. The van der Waals surface area contributed by atoms with Crippen molar-refractivity contribution in [1.29, 1.82) is 5.26 Å². The highest BCUT2D eigenvalue weighted by Gasteiger charge is 2.12. The van der Waals surface area contributed by atoms with E-state index in [-0.39, 0.29) is 12.2 Å². The van der Waals surface area contributed by atoms with Crippen molar-refractivity contribution < 1.29 is 4.79 Å². The quantitative estimate of drug-likeness (QED) is 0.736. The predicted molar refractivity (Wildman–Crippen MR) is 63.6 cm³/mol. The summed E-state index contributed by atoms with van der Waals surface area (Å²) in [5, 5.41) is 8.52. The van der Waals surface area contributed by atoms with Crippen LogP contribution in [0.2, 0.25) is 0 Å². The zero-order valence-electron chi connectivity index (χ0n) is 9.69. The average molecular weight is 225 g/mol. The molecule has 0 N–H and O–H groups in total. The number of hydrogen-bond donors (Lipinski definition) is 0. The summed E-state index contributed by atoms with van der Waals surface area (Å²) in [5.74, 6) is -0.278. The second-order valence-corrected chi connectivity index (χ2v) is 3.91. The molecule has 84 valence electrons. The van der Waals surface area contributed by atoms with Gasteiger partial charge in [-0.2, -0.15) is 5.26 Å². The van der Waals surface area contributed by atoms with E-state index in [2.05, 4.69) is 9.97 Å². The van der Waals surface area contributed by atoms with Crippen LogP contribution in [0.15, 0.2) is 18.2 Å². The Morgan fingerprint density at radius 1 is 1.29 bits per heavy atom. The summed E-state index contributed by atoms with van der Waals surface area (Å²) < 4.78 is 0. The largest absolute Gasteiger partial charge is 0.291 e. The third kappa shape index (κ3) is 2.13. The third-order valence-electron chi connectivity index (χ3n) is 2.50. The van der Waals surface area contributed by atoms with Gasteiger partial charge < -0.3 is 0 Å². The number of rotatable bonds is 2. The van der Waals surface area contributed by atoms with E-state index in [1.165, 1.54) is 0 Å². The van der Waals surface area contributed by atoms with Gasteiger partial charge in [-0.1, -0.05) is 6.07 Å². The van der Waals surface area contributed by atoms with E-state index in [9.17, 15) is 4.79 Å². The molecule has 1 aromatic carbocycles. The Bertz CT molecular complexity index is 641. The number of carbonyl (C=O) groups excluding carboxylic acids is 1. The van der Waals surface area contributed by atoms with E-state index in [1.807, 2.05) is 31.2 Å². The number of benzene rings is 1. The lowest BCUT2D eigenvalue weighted by molar-refractivity contribution is 0.0992. The molecule has 0 bridgehead atoms. The van der Waals surface area contributed by atoms with Crippen molar-refractivity contribution >= 4 is 16.8 Å². The molecule has 0 atom stereocenters. The summed E-state index contributed by atoms with van der Waals surface area (Å²) in [6.07, 6.45) is -0.160. The van der Waals surface area contributed by atoms with Crippen molar-refractivity contribution in [1.82, 2.24) is 9.97 Å². The lowest BCUT2D eigenvalue weighted by Gasteiger charge is -2.04. The number of fused-ring (bicyclic) bond motifs is 1. The number of nitrogens with zero attached hydrogens (tertiary/aromatic N) is 3. The van der Waals surface area contributed by atoms with E-state index >= 15 is 0 Å². The molecule has 1 heterocycles. The Morgan fingerprint density at radius 3 is 2.76 bits per heavy atom. The Hall–Kier alpha value is -2.28. The molecule has 0 saturated heterocycles. The first-order valence-corrected chi connectivity index (χ1v) is 5.27. The fourth-order valence-corrected chi connectivity index (χ4v) is 1.67. The van der Waals surface area contributed by atoms with Crippen LogP contribution in [0, 0.1) is 25.2 Å². The van der Waals surface area contributed by atoms with Crippen LogP contribution in [0.5, 0.6) is 0 Å². The van der Waals surface area contributed by atoms with Crippen LogP contribution in [0.1, 0.15) is 28.2 Å². The molecule has 0 saturated carbocycles. The maximum Gasteiger partial charge on any atom is 0.197 e. The van der Waals surface area contributed by atoms with Crippen LogP contribution in [-0.4, -0.2) is 15.8 Å². The number of aromatic nitrogens is 2. The minimum Gasteiger partial charge on any atom is -0.291 e. The van der Waals surface area contributed by atoms with Crippen LogP contribution in [0.25, 0.3) is 11.0 Å². The molecular formula is C13H11N3O. The fraction of sp³-hybridized carbons (Fsp3) is 0.231. The number of hydrogen-bond acceptors (Lipinski definition) is 4. The molecule has 0 fully saturated rings. The van der Waals surface area contributed by atoms with Crippen LogP contribution in [0.3, 0.4) is 0 Å². The Morgan fingerprint density at radius 2 is 2.06 bits per heavy atom. The first kappa shape index (κ1) is 11.2. The Kier molecular flexibility index (Phi) is 2.84. The summed E-state index contributed by atoms with van der Waals surface area (Å²) in [5.41, 5.74) is 3.42. The number of nitriles is 1. The second-order valence-electron chi connectivity index (χ2n) is 3.91. The van der Waals surface area contributed by atoms with Gasteiger partial charge in [-0.25, -0.2) is 9.97 Å². The smallest absolute Gasteiger partial charge is 0.197 e. The molecule has 0 amide bonds. The summed E-state index contributed by atoms with van der Waals surface area (Å²) in [6.45, 7) is 3.71. The standard InChI is InChI=1S/C13H11N3O/c1-8-3-4-10-11(7-8)15-9(2)13(16-10)12(17)5-6-14/h3-4,7H,5H2,1-2H3. The van der Waals surface area contributed by atoms with Gasteiger partial charge >= 0.3 is 0 Å². The molecule has 4 nitrogen and oxygen atoms in total. The van der Waals surface area contributed by atoms with Crippen molar-refractivity contribution in [2.75, 3.05) is 0 Å². The van der Waals surface area contributed by atoms with Crippen LogP contribution in [0.4, 0.5) is 0 Å². The van der Waals surface area contributed by atoms with Gasteiger partial charge in [-0.3, -0.25) is 4.79 Å². The summed E-state index contributed by atoms with van der Waals surface area (Å²) in [7, 11) is 0. The average Bonchev–Trinajstić information content (AvgIpc) is 2.28. The van der Waals surface area contributed by atoms with E-state index < -0.39 is 0 Å². The second kappa shape index (κ2) is 4.30. The van der Waals surface area contributed by atoms with Gasteiger partial charge in [0.25, 0.3) is 0 Å². The third-order valence-corrected chi connectivity index (χ3v) is 2.50. The van der Waals surface area contributed by atoms with Crippen LogP contribution < -0.4 is 0 Å². The number of ketones is 1. The normalized spacial score (nSPS) is 10.2.